The maximum Gasteiger partial charge on any atom is 0.417 e. The first-order valence-corrected chi connectivity index (χ1v) is 7.24. The van der Waals surface area contributed by atoms with Crippen molar-refractivity contribution in [1.82, 2.24) is 15.1 Å². The van der Waals surface area contributed by atoms with Gasteiger partial charge in [-0.25, -0.2) is 4.98 Å². The van der Waals surface area contributed by atoms with Gasteiger partial charge in [-0.1, -0.05) is 11.2 Å². The van der Waals surface area contributed by atoms with Gasteiger partial charge in [0, 0.05) is 11.6 Å². The summed E-state index contributed by atoms with van der Waals surface area (Å²) in [6.07, 6.45) is -1.77. The molecule has 0 aliphatic carbocycles. The molecule has 0 atom stereocenters. The minimum absolute atomic E-state index is 0.0106. The smallest absolute Gasteiger partial charge is 0.354 e. The van der Waals surface area contributed by atoms with Gasteiger partial charge in [0.2, 0.25) is 0 Å². The Hall–Kier alpha value is -2.73. The third-order valence-corrected chi connectivity index (χ3v) is 3.48. The maximum atomic E-state index is 13.2. The Morgan fingerprint density at radius 2 is 1.92 bits per heavy atom. The summed E-state index contributed by atoms with van der Waals surface area (Å²) < 4.78 is 45.2. The monoisotopic (exact) mass is 394 g/mol. The second-order valence-corrected chi connectivity index (χ2v) is 5.49. The molecule has 0 fully saturated rings. The Balaban J connectivity index is 2.09. The molecule has 2 aromatic heterocycles. The number of hydrogen-bond acceptors (Lipinski definition) is 5. The van der Waals surface area contributed by atoms with Crippen LogP contribution in [0, 0.1) is 11.3 Å². The number of nitrogens with zero attached hydrogens (tertiary/aromatic N) is 4. The molecule has 120 valence electrons. The second kappa shape index (κ2) is 6.05. The normalized spacial score (nSPS) is 11.3. The molecular formula is C15H6BrF3N4O. The summed E-state index contributed by atoms with van der Waals surface area (Å²) in [6, 6.07) is 6.29. The van der Waals surface area contributed by atoms with Crippen LogP contribution in [0.3, 0.4) is 0 Å². The van der Waals surface area contributed by atoms with E-state index in [1.165, 1.54) is 30.6 Å². The van der Waals surface area contributed by atoms with Crippen LogP contribution in [0.4, 0.5) is 13.2 Å². The van der Waals surface area contributed by atoms with Crippen molar-refractivity contribution in [2.45, 2.75) is 6.18 Å². The first-order chi connectivity index (χ1) is 11.4. The van der Waals surface area contributed by atoms with Crippen molar-refractivity contribution in [3.8, 4) is 28.8 Å². The Morgan fingerprint density at radius 1 is 1.12 bits per heavy atom. The van der Waals surface area contributed by atoms with E-state index in [1.807, 2.05) is 0 Å². The summed E-state index contributed by atoms with van der Waals surface area (Å²) in [7, 11) is 0. The zero-order chi connectivity index (χ0) is 17.3. The highest BCUT2D eigenvalue weighted by Gasteiger charge is 2.35. The van der Waals surface area contributed by atoms with E-state index in [2.05, 4.69) is 31.1 Å². The molecule has 3 rings (SSSR count). The summed E-state index contributed by atoms with van der Waals surface area (Å²) >= 11 is 3.15. The molecule has 0 radical (unpaired) electrons. The molecule has 0 aliphatic heterocycles. The van der Waals surface area contributed by atoms with Crippen molar-refractivity contribution in [2.75, 3.05) is 0 Å². The van der Waals surface area contributed by atoms with Gasteiger partial charge < -0.3 is 4.52 Å². The number of alkyl halides is 3. The lowest BCUT2D eigenvalue weighted by atomic mass is 10.0. The van der Waals surface area contributed by atoms with Gasteiger partial charge in [0.25, 0.3) is 0 Å². The van der Waals surface area contributed by atoms with Crippen molar-refractivity contribution in [2.24, 2.45) is 0 Å². The second-order valence-electron chi connectivity index (χ2n) is 4.67. The van der Waals surface area contributed by atoms with E-state index in [9.17, 15) is 13.2 Å². The predicted molar refractivity (Wildman–Crippen MR) is 80.4 cm³/mol. The topological polar surface area (TPSA) is 75.6 Å². The highest BCUT2D eigenvalue weighted by molar-refractivity contribution is 9.10. The fourth-order valence-corrected chi connectivity index (χ4v) is 2.36. The molecule has 0 N–H and O–H groups in total. The lowest BCUT2D eigenvalue weighted by Gasteiger charge is -2.11. The molecule has 24 heavy (non-hydrogen) atoms. The van der Waals surface area contributed by atoms with E-state index < -0.39 is 11.7 Å². The summed E-state index contributed by atoms with van der Waals surface area (Å²) in [6.45, 7) is 0. The van der Waals surface area contributed by atoms with E-state index >= 15 is 0 Å². The van der Waals surface area contributed by atoms with Gasteiger partial charge >= 0.3 is 6.18 Å². The first-order valence-electron chi connectivity index (χ1n) is 6.45. The molecule has 0 spiro atoms. The number of benzene rings is 1. The molecule has 0 aliphatic rings. The Kier molecular flexibility index (Phi) is 4.07. The minimum atomic E-state index is -4.63. The van der Waals surface area contributed by atoms with Gasteiger partial charge in [-0.3, -0.25) is 4.98 Å². The molecule has 2 heterocycles. The minimum Gasteiger partial charge on any atom is -0.354 e. The van der Waals surface area contributed by atoms with Crippen LogP contribution in [0.25, 0.3) is 22.7 Å². The Labute approximate surface area is 141 Å². The van der Waals surface area contributed by atoms with Gasteiger partial charge in [-0.15, -0.1) is 0 Å². The lowest BCUT2D eigenvalue weighted by molar-refractivity contribution is -0.137. The van der Waals surface area contributed by atoms with Crippen LogP contribution in [0.15, 0.2) is 45.8 Å². The van der Waals surface area contributed by atoms with Crippen LogP contribution in [-0.4, -0.2) is 15.1 Å². The van der Waals surface area contributed by atoms with E-state index in [1.54, 1.807) is 6.07 Å². The molecule has 1 aromatic carbocycles. The van der Waals surface area contributed by atoms with E-state index in [4.69, 9.17) is 9.78 Å². The third kappa shape index (κ3) is 3.14. The van der Waals surface area contributed by atoms with Crippen LogP contribution >= 0.6 is 15.9 Å². The fourth-order valence-electron chi connectivity index (χ4n) is 2.06. The molecule has 0 unspecified atom stereocenters. The zero-order valence-electron chi connectivity index (χ0n) is 11.7. The molecule has 0 saturated carbocycles. The van der Waals surface area contributed by atoms with Crippen LogP contribution in [-0.2, 0) is 6.18 Å². The standard InChI is InChI=1S/C15H6BrF3N4O/c16-14-7-21-6-12(22-14)13-4-11(23-24-13)9-2-1-8(5-20)3-10(9)15(17,18)19/h1-4,6-7H. The molecule has 0 bridgehead atoms. The van der Waals surface area contributed by atoms with E-state index in [-0.39, 0.29) is 22.6 Å². The molecule has 0 saturated heterocycles. The molecular weight excluding hydrogens is 389 g/mol. The van der Waals surface area contributed by atoms with Crippen molar-refractivity contribution < 1.29 is 17.7 Å². The summed E-state index contributed by atoms with van der Waals surface area (Å²) in [5.74, 6) is 0.177. The van der Waals surface area contributed by atoms with E-state index in [0.29, 0.717) is 10.3 Å². The highest BCUT2D eigenvalue weighted by Crippen LogP contribution is 2.38. The van der Waals surface area contributed by atoms with Crippen LogP contribution in [0.5, 0.6) is 0 Å². The number of hydrogen-bond donors (Lipinski definition) is 0. The first kappa shape index (κ1) is 16.1. The molecule has 3 aromatic rings. The third-order valence-electron chi connectivity index (χ3n) is 3.10. The summed E-state index contributed by atoms with van der Waals surface area (Å²) in [4.78, 5) is 8.01. The summed E-state index contributed by atoms with van der Waals surface area (Å²) in [5.41, 5.74) is -0.914. The highest BCUT2D eigenvalue weighted by atomic mass is 79.9. The van der Waals surface area contributed by atoms with Crippen molar-refractivity contribution >= 4 is 15.9 Å². The number of nitriles is 1. The maximum absolute atomic E-state index is 13.2. The quantitative estimate of drug-likeness (QED) is 0.641. The van der Waals surface area contributed by atoms with Gasteiger partial charge in [-0.2, -0.15) is 18.4 Å². The number of rotatable bonds is 2. The molecule has 9 heteroatoms. The molecule has 5 nitrogen and oxygen atoms in total. The average molecular weight is 395 g/mol. The Bertz CT molecular complexity index is 946. The number of aromatic nitrogens is 3. The zero-order valence-corrected chi connectivity index (χ0v) is 13.3. The van der Waals surface area contributed by atoms with Gasteiger partial charge in [0.05, 0.1) is 29.6 Å². The van der Waals surface area contributed by atoms with Crippen molar-refractivity contribution in [1.29, 1.82) is 5.26 Å². The van der Waals surface area contributed by atoms with Crippen molar-refractivity contribution in [3.05, 3.63) is 52.4 Å². The molecule has 0 amide bonds. The van der Waals surface area contributed by atoms with Crippen LogP contribution in [0.2, 0.25) is 0 Å². The SMILES string of the molecule is N#Cc1ccc(-c2cc(-c3cncc(Br)n3)on2)c(C(F)(F)F)c1. The van der Waals surface area contributed by atoms with E-state index in [0.717, 1.165) is 6.07 Å². The van der Waals surface area contributed by atoms with Gasteiger partial charge in [0.1, 0.15) is 16.0 Å². The largest absolute Gasteiger partial charge is 0.417 e. The van der Waals surface area contributed by atoms with Crippen molar-refractivity contribution in [3.63, 3.8) is 0 Å². The number of halogens is 4. The van der Waals surface area contributed by atoms with Crippen LogP contribution in [0.1, 0.15) is 11.1 Å². The fraction of sp³-hybridized carbons (Fsp3) is 0.0667. The van der Waals surface area contributed by atoms with Crippen LogP contribution < -0.4 is 0 Å². The predicted octanol–water partition coefficient (Wildman–Crippen LogP) is 4.45. The van der Waals surface area contributed by atoms with Gasteiger partial charge in [-0.05, 0) is 28.1 Å². The summed E-state index contributed by atoms with van der Waals surface area (Å²) in [5, 5.41) is 12.5. The van der Waals surface area contributed by atoms with Gasteiger partial charge in [0.15, 0.2) is 5.76 Å². The Morgan fingerprint density at radius 3 is 2.58 bits per heavy atom. The lowest BCUT2D eigenvalue weighted by Crippen LogP contribution is -2.07. The average Bonchev–Trinajstić information content (AvgIpc) is 3.03.